The zero-order valence-corrected chi connectivity index (χ0v) is 25.2. The second-order valence-electron chi connectivity index (χ2n) is 8.08. The maximum Gasteiger partial charge on any atom is 0.206 e. The number of ketones is 1. The van der Waals surface area contributed by atoms with Gasteiger partial charge in [-0.15, -0.1) is 0 Å². The van der Waals surface area contributed by atoms with Crippen LogP contribution in [0, 0.1) is 0 Å². The van der Waals surface area contributed by atoms with Gasteiger partial charge in [-0.25, -0.2) is 0 Å². The number of rotatable bonds is 0. The number of aromatic hydroxyl groups is 1. The van der Waals surface area contributed by atoms with Crippen molar-refractivity contribution in [1.82, 2.24) is 9.97 Å². The molecule has 0 saturated heterocycles. The van der Waals surface area contributed by atoms with Crippen LogP contribution in [0.2, 0.25) is 20.1 Å². The minimum atomic E-state index is -0.665. The molecule has 35 heavy (non-hydrogen) atoms. The van der Waals surface area contributed by atoms with Gasteiger partial charge in [-0.05, 0) is 64.7 Å². The Balaban J connectivity index is 0.000000145. The molecule has 0 unspecified atom stereocenters. The molecule has 1 aliphatic carbocycles. The smallest absolute Gasteiger partial charge is 0.206 e. The molecule has 4 nitrogen and oxygen atoms in total. The van der Waals surface area contributed by atoms with Gasteiger partial charge in [-0.1, -0.05) is 84.3 Å². The first-order chi connectivity index (χ1) is 16.5. The summed E-state index contributed by atoms with van der Waals surface area (Å²) in [5, 5.41) is 14.8. The van der Waals surface area contributed by atoms with E-state index in [0.717, 1.165) is 39.2 Å². The summed E-state index contributed by atoms with van der Waals surface area (Å²) in [5.41, 5.74) is 4.02. The third-order valence-electron chi connectivity index (χ3n) is 5.93. The number of H-pyrrole nitrogens is 2. The largest absolute Gasteiger partial charge is 0.505 e. The number of Topliss-reactive ketones (excluding diaryl/α,β-unsaturated/α-hetero) is 1. The molecule has 0 saturated carbocycles. The molecule has 0 radical (unpaired) electrons. The molecule has 3 aromatic carbocycles. The van der Waals surface area contributed by atoms with Crippen LogP contribution in [0.1, 0.15) is 22.5 Å². The fourth-order valence-electron chi connectivity index (χ4n) is 4.20. The molecule has 2 aromatic heterocycles. The molecular weight excluding hydrogens is 730 g/mol. The lowest BCUT2D eigenvalue weighted by atomic mass is 9.94. The molecule has 0 atom stereocenters. The fraction of sp³-hybridized carbons (Fsp3) is 0.125. The summed E-state index contributed by atoms with van der Waals surface area (Å²) in [6.07, 6.45) is 1.50. The van der Waals surface area contributed by atoms with Crippen LogP contribution < -0.4 is 0 Å². The van der Waals surface area contributed by atoms with E-state index in [1.54, 1.807) is 24.3 Å². The summed E-state index contributed by atoms with van der Waals surface area (Å²) in [4.78, 5) is 18.6. The van der Waals surface area contributed by atoms with Gasteiger partial charge in [0.15, 0.2) is 5.75 Å². The summed E-state index contributed by atoms with van der Waals surface area (Å²) in [6.45, 7) is 0. The highest BCUT2D eigenvalue weighted by Gasteiger charge is 2.40. The van der Waals surface area contributed by atoms with Crippen molar-refractivity contribution < 1.29 is 9.90 Å². The zero-order chi connectivity index (χ0) is 25.2. The Kier molecular flexibility index (Phi) is 6.92. The number of carbonyl (C=O) groups excluding carboxylic acids is 1. The fourth-order valence-corrected chi connectivity index (χ4v) is 5.98. The Hall–Kier alpha value is -0.930. The summed E-state index contributed by atoms with van der Waals surface area (Å²) in [7, 11) is 0. The van der Waals surface area contributed by atoms with Crippen LogP contribution in [-0.4, -0.2) is 24.1 Å². The molecule has 1 aliphatic rings. The predicted octanol–water partition coefficient (Wildman–Crippen LogP) is 10.2. The van der Waals surface area contributed by atoms with E-state index in [4.69, 9.17) is 46.4 Å². The van der Waals surface area contributed by atoms with Crippen LogP contribution in [0.5, 0.6) is 5.75 Å². The van der Waals surface area contributed by atoms with Crippen LogP contribution in [-0.2, 0) is 6.42 Å². The van der Waals surface area contributed by atoms with Crippen molar-refractivity contribution in [2.75, 3.05) is 0 Å². The molecular formula is C24H13Br3Cl4N2O2. The van der Waals surface area contributed by atoms with Crippen molar-refractivity contribution >= 4 is 133 Å². The number of halogens is 7. The Morgan fingerprint density at radius 2 is 1.40 bits per heavy atom. The number of phenols is 1. The number of hydrogen-bond donors (Lipinski definition) is 3. The van der Waals surface area contributed by atoms with E-state index in [-0.39, 0.29) is 11.5 Å². The Bertz CT molecular complexity index is 1680. The number of aromatic amines is 2. The average molecular weight is 743 g/mol. The molecule has 180 valence electrons. The molecule has 0 spiro atoms. The first-order valence-corrected chi connectivity index (χ1v) is 14.1. The number of phenolic OH excluding ortho intramolecular Hbond substituents is 1. The minimum Gasteiger partial charge on any atom is -0.505 e. The molecule has 0 amide bonds. The van der Waals surface area contributed by atoms with E-state index in [2.05, 4.69) is 57.8 Å². The van der Waals surface area contributed by atoms with Gasteiger partial charge in [0.25, 0.3) is 0 Å². The van der Waals surface area contributed by atoms with Crippen LogP contribution in [0.25, 0.3) is 32.7 Å². The zero-order valence-electron chi connectivity index (χ0n) is 17.4. The van der Waals surface area contributed by atoms with Crippen LogP contribution in [0.3, 0.4) is 0 Å². The second kappa shape index (κ2) is 9.43. The van der Waals surface area contributed by atoms with Crippen LogP contribution >= 0.6 is 94.2 Å². The van der Waals surface area contributed by atoms with Gasteiger partial charge in [-0.3, -0.25) is 4.79 Å². The summed E-state index contributed by atoms with van der Waals surface area (Å²) in [6, 6.07) is 10.8. The Morgan fingerprint density at radius 1 is 0.829 bits per heavy atom. The lowest BCUT2D eigenvalue weighted by molar-refractivity contribution is 0.0968. The molecule has 6 rings (SSSR count). The Morgan fingerprint density at radius 3 is 2.06 bits per heavy atom. The number of benzene rings is 3. The van der Waals surface area contributed by atoms with Crippen molar-refractivity contribution in [1.29, 1.82) is 0 Å². The third-order valence-corrected chi connectivity index (χ3v) is 9.53. The lowest BCUT2D eigenvalue weighted by Gasteiger charge is -2.23. The maximum absolute atomic E-state index is 12.3. The number of alkyl halides is 2. The van der Waals surface area contributed by atoms with Gasteiger partial charge in [0.05, 0.1) is 35.8 Å². The molecule has 0 bridgehead atoms. The van der Waals surface area contributed by atoms with Gasteiger partial charge in [0.1, 0.15) is 3.23 Å². The summed E-state index contributed by atoms with van der Waals surface area (Å²) >= 11 is 34.1. The Labute approximate surface area is 244 Å². The van der Waals surface area contributed by atoms with Gasteiger partial charge >= 0.3 is 0 Å². The highest BCUT2D eigenvalue weighted by molar-refractivity contribution is 9.26. The number of carbonyl (C=O) groups is 1. The van der Waals surface area contributed by atoms with E-state index in [1.807, 2.05) is 12.1 Å². The van der Waals surface area contributed by atoms with E-state index >= 15 is 0 Å². The first-order valence-electron chi connectivity index (χ1n) is 10.2. The third kappa shape index (κ3) is 4.52. The summed E-state index contributed by atoms with van der Waals surface area (Å²) in [5.74, 6) is 0.193. The van der Waals surface area contributed by atoms with E-state index in [9.17, 15) is 9.90 Å². The number of aromatic nitrogens is 2. The second-order valence-corrected chi connectivity index (χ2v) is 14.3. The van der Waals surface area contributed by atoms with Crippen molar-refractivity contribution in [3.63, 3.8) is 0 Å². The minimum absolute atomic E-state index is 0.00666. The number of fused-ring (bicyclic) bond motifs is 6. The van der Waals surface area contributed by atoms with Crippen molar-refractivity contribution in [2.45, 2.75) is 16.1 Å². The highest BCUT2D eigenvalue weighted by Crippen LogP contribution is 2.43. The molecule has 11 heteroatoms. The van der Waals surface area contributed by atoms with Gasteiger partial charge in [-0.2, -0.15) is 0 Å². The van der Waals surface area contributed by atoms with Gasteiger partial charge in [0.2, 0.25) is 5.78 Å². The molecule has 3 N–H and O–H groups in total. The number of hydrogen-bond acceptors (Lipinski definition) is 2. The van der Waals surface area contributed by atoms with Gasteiger partial charge < -0.3 is 15.1 Å². The number of nitrogens with one attached hydrogen (secondary N) is 2. The van der Waals surface area contributed by atoms with Crippen molar-refractivity contribution in [2.24, 2.45) is 0 Å². The maximum atomic E-state index is 12.3. The van der Waals surface area contributed by atoms with Gasteiger partial charge in [0, 0.05) is 27.2 Å². The van der Waals surface area contributed by atoms with E-state index in [0.29, 0.717) is 42.2 Å². The van der Waals surface area contributed by atoms with Crippen LogP contribution in [0.4, 0.5) is 0 Å². The quantitative estimate of drug-likeness (QED) is 0.138. The molecule has 0 aliphatic heterocycles. The van der Waals surface area contributed by atoms with E-state index < -0.39 is 3.23 Å². The normalized spacial score (nSPS) is 14.9. The highest BCUT2D eigenvalue weighted by atomic mass is 79.9. The van der Waals surface area contributed by atoms with Crippen molar-refractivity contribution in [3.8, 4) is 5.75 Å². The first kappa shape index (κ1) is 25.7. The average Bonchev–Trinajstić information content (AvgIpc) is 3.33. The number of aryl methyl sites for hydroxylation is 1. The predicted molar refractivity (Wildman–Crippen MR) is 157 cm³/mol. The molecule has 2 heterocycles. The van der Waals surface area contributed by atoms with E-state index in [1.165, 1.54) is 0 Å². The molecule has 5 aromatic rings. The van der Waals surface area contributed by atoms with Crippen molar-refractivity contribution in [3.05, 3.63) is 72.2 Å². The topological polar surface area (TPSA) is 68.9 Å². The standard InChI is InChI=1S/C12H7Br2Cl2NO.C12H6BrCl2NO/c13-12(14)2-1-5-6-3-7(15)8(16)4-9(6)17-10(5)11(12)18;13-7-2-1-5-6-3-8(14)9(15)4-10(6)16-11(5)12(7)17/h3-4,17H,1-2H2;1-4,16-17H. The lowest BCUT2D eigenvalue weighted by Crippen LogP contribution is -2.30. The molecule has 0 fully saturated rings. The summed E-state index contributed by atoms with van der Waals surface area (Å²) < 4.78 is -0.0182. The van der Waals surface area contributed by atoms with Crippen LogP contribution in [0.15, 0.2) is 40.9 Å². The SMILES string of the molecule is O=C1c2[nH]c3cc(Cl)c(Cl)cc3c2CCC1(Br)Br.Oc1c(Br)ccc2c1[nH]c1cc(Cl)c(Cl)cc12. The monoisotopic (exact) mass is 738 g/mol.